The van der Waals surface area contributed by atoms with Crippen molar-refractivity contribution in [2.75, 3.05) is 19.6 Å². The fraction of sp³-hybridized carbons (Fsp3) is 0.786. The second-order valence-corrected chi connectivity index (χ2v) is 5.72. The highest BCUT2D eigenvalue weighted by molar-refractivity contribution is 5.91. The molecule has 0 saturated heterocycles. The Balaban J connectivity index is 2.39. The summed E-state index contributed by atoms with van der Waals surface area (Å²) in [6.07, 6.45) is 0.248. The number of hydrogen-bond donors (Lipinski definition) is 2. The summed E-state index contributed by atoms with van der Waals surface area (Å²) in [6, 6.07) is 0. The van der Waals surface area contributed by atoms with Crippen LogP contribution in [0.3, 0.4) is 0 Å². The van der Waals surface area contributed by atoms with Crippen molar-refractivity contribution in [2.45, 2.75) is 34.1 Å². The summed E-state index contributed by atoms with van der Waals surface area (Å²) in [5.74, 6) is -2.33. The van der Waals surface area contributed by atoms with Gasteiger partial charge in [-0.25, -0.2) is 0 Å². The summed E-state index contributed by atoms with van der Waals surface area (Å²) >= 11 is 0. The minimum absolute atomic E-state index is 0.000131. The van der Waals surface area contributed by atoms with E-state index in [0.29, 0.717) is 13.1 Å². The molecule has 1 saturated carbocycles. The first-order chi connectivity index (χ1) is 9.27. The zero-order valence-electron chi connectivity index (χ0n) is 12.6. The van der Waals surface area contributed by atoms with Gasteiger partial charge in [-0.1, -0.05) is 13.8 Å². The van der Waals surface area contributed by atoms with E-state index in [4.69, 9.17) is 5.11 Å². The molecule has 1 aliphatic carbocycles. The average Bonchev–Trinajstić information content (AvgIpc) is 2.94. The minimum atomic E-state index is -0.936. The van der Waals surface area contributed by atoms with Crippen molar-refractivity contribution in [3.63, 3.8) is 0 Å². The van der Waals surface area contributed by atoms with Gasteiger partial charge in [0.25, 0.3) is 0 Å². The molecule has 20 heavy (non-hydrogen) atoms. The third-order valence-electron chi connectivity index (χ3n) is 4.13. The Labute approximate surface area is 119 Å². The zero-order valence-corrected chi connectivity index (χ0v) is 12.6. The van der Waals surface area contributed by atoms with E-state index in [2.05, 4.69) is 5.32 Å². The van der Waals surface area contributed by atoms with Gasteiger partial charge in [-0.2, -0.15) is 0 Å². The van der Waals surface area contributed by atoms with E-state index in [1.165, 1.54) is 0 Å². The highest BCUT2D eigenvalue weighted by atomic mass is 16.4. The van der Waals surface area contributed by atoms with E-state index in [0.717, 1.165) is 0 Å². The van der Waals surface area contributed by atoms with Crippen LogP contribution in [0.4, 0.5) is 0 Å². The molecule has 2 N–H and O–H groups in total. The van der Waals surface area contributed by atoms with Gasteiger partial charge in [0.2, 0.25) is 11.8 Å². The molecule has 6 nitrogen and oxygen atoms in total. The van der Waals surface area contributed by atoms with Gasteiger partial charge < -0.3 is 15.3 Å². The molecule has 0 heterocycles. The molecule has 114 valence electrons. The molecule has 0 aliphatic heterocycles. The van der Waals surface area contributed by atoms with Gasteiger partial charge in [0, 0.05) is 26.1 Å². The fourth-order valence-corrected chi connectivity index (χ4v) is 2.72. The molecule has 0 aromatic carbocycles. The SMILES string of the molecule is CCN(CC)C(=O)CCNC(=O)C1C(C(=O)O)C1(C)C. The fourth-order valence-electron chi connectivity index (χ4n) is 2.72. The standard InChI is InChI=1S/C14H24N2O4/c1-5-16(6-2)9(17)7-8-15-12(18)10-11(13(19)20)14(10,3)4/h10-11H,5-8H2,1-4H3,(H,15,18)(H,19,20). The number of carbonyl (C=O) groups excluding carboxylic acids is 2. The van der Waals surface area contributed by atoms with Crippen LogP contribution in [0, 0.1) is 17.3 Å². The first-order valence-electron chi connectivity index (χ1n) is 7.05. The largest absolute Gasteiger partial charge is 0.481 e. The van der Waals surface area contributed by atoms with Gasteiger partial charge in [0.1, 0.15) is 0 Å². The summed E-state index contributed by atoms with van der Waals surface area (Å²) in [7, 11) is 0. The second-order valence-electron chi connectivity index (χ2n) is 5.72. The monoisotopic (exact) mass is 284 g/mol. The van der Waals surface area contributed by atoms with E-state index in [1.54, 1.807) is 18.7 Å². The maximum absolute atomic E-state index is 11.9. The Morgan fingerprint density at radius 3 is 2.10 bits per heavy atom. The molecule has 2 unspecified atom stereocenters. The van der Waals surface area contributed by atoms with Crippen molar-refractivity contribution in [2.24, 2.45) is 17.3 Å². The number of carboxylic acids is 1. The molecule has 0 bridgehead atoms. The molecule has 1 fully saturated rings. The average molecular weight is 284 g/mol. The molecule has 6 heteroatoms. The van der Waals surface area contributed by atoms with Crippen LogP contribution < -0.4 is 5.32 Å². The normalized spacial score (nSPS) is 23.0. The van der Waals surface area contributed by atoms with E-state index < -0.39 is 23.2 Å². The Hall–Kier alpha value is -1.59. The lowest BCUT2D eigenvalue weighted by Crippen LogP contribution is -2.35. The number of amides is 2. The Kier molecular flexibility index (Phi) is 5.14. The van der Waals surface area contributed by atoms with E-state index in [-0.39, 0.29) is 24.8 Å². The second kappa shape index (κ2) is 6.24. The van der Waals surface area contributed by atoms with Crippen LogP contribution in [0.2, 0.25) is 0 Å². The summed E-state index contributed by atoms with van der Waals surface area (Å²) in [5.41, 5.74) is -0.501. The number of nitrogens with one attached hydrogen (secondary N) is 1. The molecule has 0 radical (unpaired) electrons. The third kappa shape index (κ3) is 3.29. The Morgan fingerprint density at radius 2 is 1.70 bits per heavy atom. The van der Waals surface area contributed by atoms with Gasteiger partial charge in [0.15, 0.2) is 0 Å². The highest BCUT2D eigenvalue weighted by Crippen LogP contribution is 2.58. The first kappa shape index (κ1) is 16.5. The van der Waals surface area contributed by atoms with Crippen molar-refractivity contribution >= 4 is 17.8 Å². The predicted octanol–water partition coefficient (Wildman–Crippen LogP) is 0.718. The molecular formula is C14H24N2O4. The Bertz CT molecular complexity index is 402. The van der Waals surface area contributed by atoms with Gasteiger partial charge in [0.05, 0.1) is 11.8 Å². The molecule has 0 aromatic rings. The van der Waals surface area contributed by atoms with Gasteiger partial charge in [-0.3, -0.25) is 14.4 Å². The number of rotatable bonds is 7. The van der Waals surface area contributed by atoms with Crippen LogP contribution in [-0.4, -0.2) is 47.4 Å². The van der Waals surface area contributed by atoms with Crippen LogP contribution in [-0.2, 0) is 14.4 Å². The highest BCUT2D eigenvalue weighted by Gasteiger charge is 2.65. The number of carboxylic acid groups (broad SMARTS) is 1. The Morgan fingerprint density at radius 1 is 1.15 bits per heavy atom. The quantitative estimate of drug-likeness (QED) is 0.721. The summed E-state index contributed by atoms with van der Waals surface area (Å²) in [5, 5.41) is 11.7. The minimum Gasteiger partial charge on any atom is -0.481 e. The maximum Gasteiger partial charge on any atom is 0.307 e. The maximum atomic E-state index is 11.9. The molecule has 2 amide bonds. The van der Waals surface area contributed by atoms with Crippen molar-refractivity contribution in [3.8, 4) is 0 Å². The lowest BCUT2D eigenvalue weighted by atomic mass is 10.1. The van der Waals surface area contributed by atoms with Gasteiger partial charge >= 0.3 is 5.97 Å². The third-order valence-corrected chi connectivity index (χ3v) is 4.13. The van der Waals surface area contributed by atoms with Crippen molar-refractivity contribution < 1.29 is 19.5 Å². The number of nitrogens with zero attached hydrogens (tertiary/aromatic N) is 1. The summed E-state index contributed by atoms with van der Waals surface area (Å²) in [4.78, 5) is 36.4. The summed E-state index contributed by atoms with van der Waals surface area (Å²) in [6.45, 7) is 8.93. The van der Waals surface area contributed by atoms with E-state index in [1.807, 2.05) is 13.8 Å². The lowest BCUT2D eigenvalue weighted by Gasteiger charge is -2.18. The first-order valence-corrected chi connectivity index (χ1v) is 7.05. The van der Waals surface area contributed by atoms with Gasteiger partial charge in [-0.15, -0.1) is 0 Å². The van der Waals surface area contributed by atoms with Crippen LogP contribution in [0.5, 0.6) is 0 Å². The topological polar surface area (TPSA) is 86.7 Å². The van der Waals surface area contributed by atoms with Crippen LogP contribution in [0.25, 0.3) is 0 Å². The predicted molar refractivity (Wildman–Crippen MR) is 74.0 cm³/mol. The molecule has 0 spiro atoms. The lowest BCUT2D eigenvalue weighted by molar-refractivity contribution is -0.140. The molecular weight excluding hydrogens is 260 g/mol. The van der Waals surface area contributed by atoms with Crippen LogP contribution in [0.1, 0.15) is 34.1 Å². The smallest absolute Gasteiger partial charge is 0.307 e. The van der Waals surface area contributed by atoms with E-state index >= 15 is 0 Å². The molecule has 0 aromatic heterocycles. The number of aliphatic carboxylic acids is 1. The summed E-state index contributed by atoms with van der Waals surface area (Å²) < 4.78 is 0. The molecule has 1 rings (SSSR count). The van der Waals surface area contributed by atoms with Crippen LogP contribution in [0.15, 0.2) is 0 Å². The number of hydrogen-bond acceptors (Lipinski definition) is 3. The van der Waals surface area contributed by atoms with Crippen LogP contribution >= 0.6 is 0 Å². The van der Waals surface area contributed by atoms with Crippen molar-refractivity contribution in [1.29, 1.82) is 0 Å². The molecule has 2 atom stereocenters. The van der Waals surface area contributed by atoms with Crippen molar-refractivity contribution in [1.82, 2.24) is 10.2 Å². The zero-order chi connectivity index (χ0) is 15.5. The van der Waals surface area contributed by atoms with Crippen molar-refractivity contribution in [3.05, 3.63) is 0 Å². The number of carbonyl (C=O) groups is 3. The van der Waals surface area contributed by atoms with E-state index in [9.17, 15) is 14.4 Å². The van der Waals surface area contributed by atoms with Gasteiger partial charge in [-0.05, 0) is 19.3 Å². The molecule has 1 aliphatic rings.